The van der Waals surface area contributed by atoms with Gasteiger partial charge < -0.3 is 5.73 Å². The highest BCUT2D eigenvalue weighted by Gasteiger charge is 2.26. The van der Waals surface area contributed by atoms with Gasteiger partial charge in [-0.25, -0.2) is 0 Å². The number of rotatable bonds is 1. The summed E-state index contributed by atoms with van der Waals surface area (Å²) in [5.41, 5.74) is 9.52. The lowest BCUT2D eigenvalue weighted by molar-refractivity contribution is 0.442. The molecule has 0 bridgehead atoms. The summed E-state index contributed by atoms with van der Waals surface area (Å²) in [5, 5.41) is 1.15. The molecule has 1 aromatic heterocycles. The molecule has 0 unspecified atom stereocenters. The van der Waals surface area contributed by atoms with Crippen molar-refractivity contribution in [2.24, 2.45) is 0 Å². The standard InChI is InChI=1S/C14H21NS/c15-14-13(10-6-2-1-3-7-10)11-8-4-5-9-12(11)16-14/h10H,1-9,15H2. The van der Waals surface area contributed by atoms with Crippen LogP contribution < -0.4 is 5.73 Å². The third kappa shape index (κ3) is 1.77. The van der Waals surface area contributed by atoms with Crippen LogP contribution in [0.3, 0.4) is 0 Å². The van der Waals surface area contributed by atoms with Crippen molar-refractivity contribution in [3.63, 3.8) is 0 Å². The summed E-state index contributed by atoms with van der Waals surface area (Å²) in [7, 11) is 0. The van der Waals surface area contributed by atoms with Crippen LogP contribution in [-0.2, 0) is 12.8 Å². The Hall–Kier alpha value is -0.500. The minimum Gasteiger partial charge on any atom is -0.390 e. The van der Waals surface area contributed by atoms with Gasteiger partial charge in [-0.15, -0.1) is 11.3 Å². The van der Waals surface area contributed by atoms with E-state index >= 15 is 0 Å². The normalized spacial score (nSPS) is 22.0. The molecule has 3 rings (SSSR count). The van der Waals surface area contributed by atoms with E-state index in [2.05, 4.69) is 0 Å². The zero-order valence-electron chi connectivity index (χ0n) is 9.93. The van der Waals surface area contributed by atoms with Crippen molar-refractivity contribution in [1.29, 1.82) is 0 Å². The van der Waals surface area contributed by atoms with Gasteiger partial charge in [-0.05, 0) is 55.6 Å². The largest absolute Gasteiger partial charge is 0.390 e. The molecule has 2 aliphatic carbocycles. The number of anilines is 1. The van der Waals surface area contributed by atoms with Gasteiger partial charge in [0.15, 0.2) is 0 Å². The number of nitrogen functional groups attached to an aromatic ring is 1. The van der Waals surface area contributed by atoms with Crippen LogP contribution in [0.1, 0.15) is 66.9 Å². The molecule has 2 heteroatoms. The Kier molecular flexibility index (Phi) is 2.93. The SMILES string of the molecule is Nc1sc2c(c1C1CCCCC1)CCCC2. The van der Waals surface area contributed by atoms with Crippen LogP contribution in [0.15, 0.2) is 0 Å². The van der Waals surface area contributed by atoms with E-state index in [0.29, 0.717) is 0 Å². The molecule has 0 saturated heterocycles. The molecular formula is C14H21NS. The molecule has 1 aromatic rings. The lowest BCUT2D eigenvalue weighted by Crippen LogP contribution is -2.09. The monoisotopic (exact) mass is 235 g/mol. The maximum atomic E-state index is 6.27. The summed E-state index contributed by atoms with van der Waals surface area (Å²) < 4.78 is 0. The van der Waals surface area contributed by atoms with Crippen molar-refractivity contribution in [2.75, 3.05) is 5.73 Å². The highest BCUT2D eigenvalue weighted by atomic mass is 32.1. The molecular weight excluding hydrogens is 214 g/mol. The van der Waals surface area contributed by atoms with E-state index in [1.54, 1.807) is 16.0 Å². The molecule has 0 radical (unpaired) electrons. The van der Waals surface area contributed by atoms with Crippen molar-refractivity contribution in [1.82, 2.24) is 0 Å². The maximum Gasteiger partial charge on any atom is 0.0897 e. The molecule has 0 amide bonds. The Bertz CT molecular complexity index is 374. The molecule has 1 heterocycles. The van der Waals surface area contributed by atoms with Gasteiger partial charge >= 0.3 is 0 Å². The number of nitrogens with two attached hydrogens (primary N) is 1. The molecule has 1 saturated carbocycles. The molecule has 88 valence electrons. The first-order chi connectivity index (χ1) is 7.86. The zero-order chi connectivity index (χ0) is 11.0. The quantitative estimate of drug-likeness (QED) is 0.773. The van der Waals surface area contributed by atoms with Crippen molar-refractivity contribution < 1.29 is 0 Å². The summed E-state index contributed by atoms with van der Waals surface area (Å²) in [6.07, 6.45) is 12.4. The summed E-state index contributed by atoms with van der Waals surface area (Å²) in [5.74, 6) is 0.798. The minimum absolute atomic E-state index is 0.798. The topological polar surface area (TPSA) is 26.0 Å². The zero-order valence-corrected chi connectivity index (χ0v) is 10.7. The molecule has 1 fully saturated rings. The smallest absolute Gasteiger partial charge is 0.0897 e. The van der Waals surface area contributed by atoms with Gasteiger partial charge in [0.2, 0.25) is 0 Å². The fourth-order valence-electron chi connectivity index (χ4n) is 3.45. The van der Waals surface area contributed by atoms with Crippen molar-refractivity contribution in [2.45, 2.75) is 63.7 Å². The Balaban J connectivity index is 1.95. The van der Waals surface area contributed by atoms with Gasteiger partial charge in [-0.3, -0.25) is 0 Å². The summed E-state index contributed by atoms with van der Waals surface area (Å²) in [6, 6.07) is 0. The van der Waals surface area contributed by atoms with Crippen LogP contribution in [0.5, 0.6) is 0 Å². The number of fused-ring (bicyclic) bond motifs is 1. The summed E-state index contributed by atoms with van der Waals surface area (Å²) >= 11 is 1.89. The third-order valence-corrected chi connectivity index (χ3v) is 5.39. The number of aryl methyl sites for hydroxylation is 1. The first kappa shape index (κ1) is 10.6. The Morgan fingerprint density at radius 2 is 1.69 bits per heavy atom. The summed E-state index contributed by atoms with van der Waals surface area (Å²) in [6.45, 7) is 0. The highest BCUT2D eigenvalue weighted by Crippen LogP contribution is 2.44. The lowest BCUT2D eigenvalue weighted by Gasteiger charge is -2.24. The molecule has 0 atom stereocenters. The van der Waals surface area contributed by atoms with E-state index in [1.165, 1.54) is 57.8 Å². The second-order valence-corrected chi connectivity index (χ2v) is 6.46. The average Bonchev–Trinajstić information content (AvgIpc) is 2.66. The molecule has 0 spiro atoms. The van der Waals surface area contributed by atoms with Crippen molar-refractivity contribution in [3.05, 3.63) is 16.0 Å². The van der Waals surface area contributed by atoms with E-state index < -0.39 is 0 Å². The number of thiophene rings is 1. The Labute approximate surface area is 102 Å². The second kappa shape index (κ2) is 4.40. The van der Waals surface area contributed by atoms with Crippen LogP contribution in [0.25, 0.3) is 0 Å². The number of hydrogen-bond donors (Lipinski definition) is 1. The average molecular weight is 235 g/mol. The minimum atomic E-state index is 0.798. The van der Waals surface area contributed by atoms with Gasteiger partial charge in [0.05, 0.1) is 5.00 Å². The van der Waals surface area contributed by atoms with E-state index in [0.717, 1.165) is 10.9 Å². The Morgan fingerprint density at radius 3 is 2.50 bits per heavy atom. The van der Waals surface area contributed by atoms with Crippen molar-refractivity contribution >= 4 is 16.3 Å². The van der Waals surface area contributed by atoms with Crippen molar-refractivity contribution in [3.8, 4) is 0 Å². The first-order valence-electron chi connectivity index (χ1n) is 6.76. The molecule has 2 aliphatic rings. The van der Waals surface area contributed by atoms with Crippen LogP contribution in [0.2, 0.25) is 0 Å². The van der Waals surface area contributed by atoms with Crippen LogP contribution in [-0.4, -0.2) is 0 Å². The molecule has 16 heavy (non-hydrogen) atoms. The van der Waals surface area contributed by atoms with Gasteiger partial charge in [0, 0.05) is 4.88 Å². The lowest BCUT2D eigenvalue weighted by atomic mass is 9.81. The highest BCUT2D eigenvalue weighted by molar-refractivity contribution is 7.16. The Morgan fingerprint density at radius 1 is 0.938 bits per heavy atom. The van der Waals surface area contributed by atoms with E-state index in [9.17, 15) is 0 Å². The third-order valence-electron chi connectivity index (χ3n) is 4.25. The van der Waals surface area contributed by atoms with Crippen LogP contribution >= 0.6 is 11.3 Å². The van der Waals surface area contributed by atoms with Gasteiger partial charge in [0.25, 0.3) is 0 Å². The predicted octanol–water partition coefficient (Wildman–Crippen LogP) is 4.26. The predicted molar refractivity (Wildman–Crippen MR) is 71.2 cm³/mol. The van der Waals surface area contributed by atoms with Gasteiger partial charge in [-0.1, -0.05) is 19.3 Å². The van der Waals surface area contributed by atoms with E-state index in [1.807, 2.05) is 11.3 Å². The number of hydrogen-bond acceptors (Lipinski definition) is 2. The van der Waals surface area contributed by atoms with Gasteiger partial charge in [-0.2, -0.15) is 0 Å². The fraction of sp³-hybridized carbons (Fsp3) is 0.714. The second-order valence-electron chi connectivity index (χ2n) is 5.32. The molecule has 2 N–H and O–H groups in total. The summed E-state index contributed by atoms with van der Waals surface area (Å²) in [4.78, 5) is 1.62. The fourth-order valence-corrected chi connectivity index (χ4v) is 4.70. The molecule has 1 nitrogen and oxygen atoms in total. The van der Waals surface area contributed by atoms with E-state index in [-0.39, 0.29) is 0 Å². The maximum absolute atomic E-state index is 6.27. The van der Waals surface area contributed by atoms with Crippen LogP contribution in [0, 0.1) is 0 Å². The van der Waals surface area contributed by atoms with Crippen LogP contribution in [0.4, 0.5) is 5.00 Å². The van der Waals surface area contributed by atoms with E-state index in [4.69, 9.17) is 5.73 Å². The molecule has 0 aromatic carbocycles. The first-order valence-corrected chi connectivity index (χ1v) is 7.58. The van der Waals surface area contributed by atoms with Gasteiger partial charge in [0.1, 0.15) is 0 Å². The molecule has 0 aliphatic heterocycles.